The first kappa shape index (κ1) is 12.3. The molecule has 19 heavy (non-hydrogen) atoms. The molecule has 3 aliphatic rings. The summed E-state index contributed by atoms with van der Waals surface area (Å²) in [4.78, 5) is 27.1. The quantitative estimate of drug-likeness (QED) is 0.552. The fraction of sp³-hybridized carbons (Fsp3) is 0.667. The van der Waals surface area contributed by atoms with Gasteiger partial charge in [-0.05, 0) is 0 Å². The van der Waals surface area contributed by atoms with E-state index in [-0.39, 0.29) is 35.9 Å². The van der Waals surface area contributed by atoms with E-state index in [1.165, 1.54) is 4.90 Å². The van der Waals surface area contributed by atoms with Gasteiger partial charge in [-0.2, -0.15) is 0 Å². The Balaban J connectivity index is 1.90. The number of nitrogens with one attached hydrogen (secondary N) is 3. The first-order valence-corrected chi connectivity index (χ1v) is 6.39. The third kappa shape index (κ3) is 1.68. The zero-order chi connectivity index (χ0) is 13.9. The molecular formula is C12H19N5O2. The lowest BCUT2D eigenvalue weighted by Gasteiger charge is -2.35. The molecule has 0 saturated carbocycles. The van der Waals surface area contributed by atoms with Crippen molar-refractivity contribution in [1.82, 2.24) is 25.8 Å². The van der Waals surface area contributed by atoms with E-state index in [0.29, 0.717) is 0 Å². The van der Waals surface area contributed by atoms with E-state index < -0.39 is 0 Å². The van der Waals surface area contributed by atoms with Crippen LogP contribution in [0.25, 0.3) is 0 Å². The highest BCUT2D eigenvalue weighted by molar-refractivity contribution is 6.00. The molecule has 3 atom stereocenters. The molecule has 7 heteroatoms. The van der Waals surface area contributed by atoms with Crippen LogP contribution in [0.1, 0.15) is 20.8 Å². The van der Waals surface area contributed by atoms with Crippen LogP contribution in [0.2, 0.25) is 0 Å². The summed E-state index contributed by atoms with van der Waals surface area (Å²) in [7, 11) is 1.68. The molecule has 3 amide bonds. The van der Waals surface area contributed by atoms with Crippen molar-refractivity contribution in [3.8, 4) is 0 Å². The zero-order valence-electron chi connectivity index (χ0n) is 11.5. The zero-order valence-corrected chi connectivity index (χ0v) is 11.5. The molecule has 0 aliphatic carbocycles. The fourth-order valence-corrected chi connectivity index (χ4v) is 2.67. The minimum atomic E-state index is -0.389. The van der Waals surface area contributed by atoms with Crippen LogP contribution in [0.5, 0.6) is 0 Å². The van der Waals surface area contributed by atoms with E-state index in [0.717, 1.165) is 5.70 Å². The summed E-state index contributed by atoms with van der Waals surface area (Å²) in [6.45, 7) is 6.34. The predicted octanol–water partition coefficient (Wildman–Crippen LogP) is -0.458. The van der Waals surface area contributed by atoms with Crippen LogP contribution in [-0.4, -0.2) is 47.3 Å². The molecule has 0 spiro atoms. The molecule has 0 aromatic carbocycles. The summed E-state index contributed by atoms with van der Waals surface area (Å²) in [5.41, 5.74) is 1.07. The minimum Gasteiger partial charge on any atom is -0.355 e. The summed E-state index contributed by atoms with van der Waals surface area (Å²) in [5.74, 6) is -0.253. The maximum absolute atomic E-state index is 12.0. The Morgan fingerprint density at radius 1 is 1.26 bits per heavy atom. The lowest BCUT2D eigenvalue weighted by Crippen LogP contribution is -2.64. The summed E-state index contributed by atoms with van der Waals surface area (Å²) in [5, 5.41) is 9.01. The molecule has 3 aliphatic heterocycles. The number of carbonyl (C=O) groups excluding carboxylic acids is 2. The van der Waals surface area contributed by atoms with Crippen LogP contribution in [0.4, 0.5) is 4.79 Å². The van der Waals surface area contributed by atoms with Gasteiger partial charge < -0.3 is 15.1 Å². The van der Waals surface area contributed by atoms with Gasteiger partial charge in [0.1, 0.15) is 12.2 Å². The molecule has 3 N–H and O–H groups in total. The van der Waals surface area contributed by atoms with E-state index in [2.05, 4.69) is 36.7 Å². The molecule has 2 fully saturated rings. The van der Waals surface area contributed by atoms with E-state index >= 15 is 0 Å². The van der Waals surface area contributed by atoms with E-state index in [1.54, 1.807) is 7.05 Å². The van der Waals surface area contributed by atoms with Crippen molar-refractivity contribution in [2.45, 2.75) is 39.3 Å². The van der Waals surface area contributed by atoms with Gasteiger partial charge >= 0.3 is 6.03 Å². The molecular weight excluding hydrogens is 246 g/mol. The highest BCUT2D eigenvalue weighted by Gasteiger charge is 2.52. The topological polar surface area (TPSA) is 76.7 Å². The lowest BCUT2D eigenvalue weighted by atomic mass is 9.93. The number of nitrogens with zero attached hydrogens (tertiary/aromatic N) is 2. The van der Waals surface area contributed by atoms with Gasteiger partial charge in [-0.25, -0.2) is 4.79 Å². The summed E-state index contributed by atoms with van der Waals surface area (Å²) in [6, 6.07) is -0.750. The van der Waals surface area contributed by atoms with E-state index in [4.69, 9.17) is 0 Å². The molecule has 104 valence electrons. The van der Waals surface area contributed by atoms with Crippen LogP contribution in [0.3, 0.4) is 0 Å². The van der Waals surface area contributed by atoms with Crippen molar-refractivity contribution in [3.63, 3.8) is 0 Å². The monoisotopic (exact) mass is 265 g/mol. The Labute approximate surface area is 112 Å². The predicted molar refractivity (Wildman–Crippen MR) is 68.3 cm³/mol. The van der Waals surface area contributed by atoms with Gasteiger partial charge in [0.2, 0.25) is 0 Å². The van der Waals surface area contributed by atoms with Crippen LogP contribution in [-0.2, 0) is 4.79 Å². The van der Waals surface area contributed by atoms with Crippen molar-refractivity contribution in [2.75, 3.05) is 7.05 Å². The maximum Gasteiger partial charge on any atom is 0.325 e. The average Bonchev–Trinajstić information content (AvgIpc) is 2.81. The minimum absolute atomic E-state index is 0.00557. The van der Waals surface area contributed by atoms with E-state index in [9.17, 15) is 9.59 Å². The second-order valence-corrected chi connectivity index (χ2v) is 6.25. The normalized spacial score (nSPS) is 33.7. The number of allylic oxidation sites excluding steroid dienone is 1. The van der Waals surface area contributed by atoms with Crippen LogP contribution >= 0.6 is 0 Å². The Morgan fingerprint density at radius 2 is 1.95 bits per heavy atom. The lowest BCUT2D eigenvalue weighted by molar-refractivity contribution is -0.126. The molecule has 3 heterocycles. The number of carbonyl (C=O) groups is 2. The molecule has 3 rings (SSSR count). The number of urea groups is 1. The highest BCUT2D eigenvalue weighted by atomic mass is 16.2. The molecule has 0 aromatic rings. The Hall–Kier alpha value is -1.76. The fourth-order valence-electron chi connectivity index (χ4n) is 2.67. The maximum atomic E-state index is 12.0. The summed E-state index contributed by atoms with van der Waals surface area (Å²) >= 11 is 0. The van der Waals surface area contributed by atoms with Gasteiger partial charge in [-0.15, -0.1) is 0 Å². The van der Waals surface area contributed by atoms with Gasteiger partial charge in [0.25, 0.3) is 5.91 Å². The molecule has 7 nitrogen and oxygen atoms in total. The first-order chi connectivity index (χ1) is 8.79. The van der Waals surface area contributed by atoms with Gasteiger partial charge in [0, 0.05) is 24.4 Å². The van der Waals surface area contributed by atoms with E-state index in [1.807, 2.05) is 11.1 Å². The Bertz CT molecular complexity index is 481. The van der Waals surface area contributed by atoms with Crippen molar-refractivity contribution in [3.05, 3.63) is 11.9 Å². The second kappa shape index (κ2) is 3.63. The number of hydrogen-bond donors (Lipinski definition) is 3. The standard InChI is InChI=1S/C12H19N5O2/c1-12(2,3)6-5-17-7-8(14-10(17)13-6)16(4)11(19)15-9(7)18/h5,7-8,10,13-14H,1-4H3,(H,15,18,19). The first-order valence-electron chi connectivity index (χ1n) is 6.39. The van der Waals surface area contributed by atoms with Crippen molar-refractivity contribution < 1.29 is 9.59 Å². The number of likely N-dealkylation sites (N-methyl/N-ethyl adjacent to an activating group) is 1. The number of fused-ring (bicyclic) bond motifs is 3. The van der Waals surface area contributed by atoms with Gasteiger partial charge in [0.05, 0.1) is 0 Å². The average molecular weight is 265 g/mol. The second-order valence-electron chi connectivity index (χ2n) is 6.25. The summed E-state index contributed by atoms with van der Waals surface area (Å²) in [6.07, 6.45) is 1.55. The number of hydrogen-bond acceptors (Lipinski definition) is 5. The highest BCUT2D eigenvalue weighted by Crippen LogP contribution is 2.33. The number of imide groups is 1. The van der Waals surface area contributed by atoms with Crippen molar-refractivity contribution >= 4 is 11.9 Å². The number of amides is 3. The SMILES string of the molecule is CN1C(=O)NC(=O)C2C1NC1NC(C(C)(C)C)=CN12. The largest absolute Gasteiger partial charge is 0.355 e. The Morgan fingerprint density at radius 3 is 2.58 bits per heavy atom. The van der Waals surface area contributed by atoms with Crippen molar-refractivity contribution in [2.24, 2.45) is 5.41 Å². The van der Waals surface area contributed by atoms with Crippen LogP contribution in [0.15, 0.2) is 11.9 Å². The van der Waals surface area contributed by atoms with Crippen molar-refractivity contribution in [1.29, 1.82) is 0 Å². The molecule has 0 radical (unpaired) electrons. The molecule has 0 aromatic heterocycles. The number of rotatable bonds is 0. The Kier molecular flexibility index (Phi) is 2.35. The van der Waals surface area contributed by atoms with Crippen LogP contribution in [0, 0.1) is 5.41 Å². The van der Waals surface area contributed by atoms with Gasteiger partial charge in [-0.3, -0.25) is 15.4 Å². The third-order valence-corrected chi connectivity index (χ3v) is 3.86. The molecule has 3 unspecified atom stereocenters. The summed E-state index contributed by atoms with van der Waals surface area (Å²) < 4.78 is 0. The van der Waals surface area contributed by atoms with Gasteiger partial charge in [-0.1, -0.05) is 20.8 Å². The molecule has 2 saturated heterocycles. The van der Waals surface area contributed by atoms with Gasteiger partial charge in [0.15, 0.2) is 6.29 Å². The van der Waals surface area contributed by atoms with Crippen LogP contribution < -0.4 is 16.0 Å². The molecule has 0 bridgehead atoms. The third-order valence-electron chi connectivity index (χ3n) is 3.86. The smallest absolute Gasteiger partial charge is 0.325 e.